The molecular formula is C16H21FN6O. The highest BCUT2D eigenvalue weighted by molar-refractivity contribution is 5.59. The van der Waals surface area contributed by atoms with Crippen LogP contribution in [0.15, 0.2) is 24.7 Å². The average molecular weight is 332 g/mol. The molecule has 128 valence electrons. The van der Waals surface area contributed by atoms with Crippen molar-refractivity contribution < 1.29 is 9.13 Å². The molecule has 0 aliphatic carbocycles. The van der Waals surface area contributed by atoms with Crippen molar-refractivity contribution >= 4 is 17.5 Å². The highest BCUT2D eigenvalue weighted by atomic mass is 19.1. The molecular weight excluding hydrogens is 311 g/mol. The van der Waals surface area contributed by atoms with Crippen LogP contribution in [-0.4, -0.2) is 55.4 Å². The molecule has 0 unspecified atom stereocenters. The Labute approximate surface area is 140 Å². The lowest BCUT2D eigenvalue weighted by molar-refractivity contribution is 0.122. The molecule has 8 heteroatoms. The van der Waals surface area contributed by atoms with Gasteiger partial charge in [0.2, 0.25) is 0 Å². The number of nitrogens with one attached hydrogen (secondary N) is 1. The van der Waals surface area contributed by atoms with Gasteiger partial charge < -0.3 is 19.9 Å². The highest BCUT2D eigenvalue weighted by Crippen LogP contribution is 2.21. The SMILES string of the molecule is CN(C)c1nccnc1NCc1cnc(N2CCOCC2)c(F)c1. The Morgan fingerprint density at radius 1 is 1.21 bits per heavy atom. The second-order valence-corrected chi connectivity index (χ2v) is 5.72. The van der Waals surface area contributed by atoms with E-state index in [1.807, 2.05) is 23.9 Å². The second kappa shape index (κ2) is 7.39. The second-order valence-electron chi connectivity index (χ2n) is 5.72. The lowest BCUT2D eigenvalue weighted by Gasteiger charge is -2.28. The van der Waals surface area contributed by atoms with Gasteiger partial charge in [0.15, 0.2) is 23.3 Å². The van der Waals surface area contributed by atoms with Crippen LogP contribution in [0.1, 0.15) is 5.56 Å². The Morgan fingerprint density at radius 2 is 1.96 bits per heavy atom. The van der Waals surface area contributed by atoms with Crippen molar-refractivity contribution in [2.75, 3.05) is 55.5 Å². The summed E-state index contributed by atoms with van der Waals surface area (Å²) in [5, 5.41) is 3.18. The van der Waals surface area contributed by atoms with Gasteiger partial charge in [0.05, 0.1) is 13.2 Å². The van der Waals surface area contributed by atoms with Gasteiger partial charge in [-0.15, -0.1) is 0 Å². The lowest BCUT2D eigenvalue weighted by atomic mass is 10.2. The van der Waals surface area contributed by atoms with Gasteiger partial charge in [-0.25, -0.2) is 19.3 Å². The Hall–Kier alpha value is -2.48. The van der Waals surface area contributed by atoms with E-state index in [-0.39, 0.29) is 5.82 Å². The molecule has 0 aromatic carbocycles. The summed E-state index contributed by atoms with van der Waals surface area (Å²) >= 11 is 0. The van der Waals surface area contributed by atoms with Crippen molar-refractivity contribution in [2.45, 2.75) is 6.54 Å². The van der Waals surface area contributed by atoms with E-state index in [9.17, 15) is 4.39 Å². The summed E-state index contributed by atoms with van der Waals surface area (Å²) in [5.74, 6) is 1.45. The first kappa shape index (κ1) is 16.4. The first-order chi connectivity index (χ1) is 11.6. The van der Waals surface area contributed by atoms with Crippen molar-refractivity contribution in [3.8, 4) is 0 Å². The summed E-state index contributed by atoms with van der Waals surface area (Å²) in [6, 6.07) is 1.51. The van der Waals surface area contributed by atoms with Crippen molar-refractivity contribution in [1.29, 1.82) is 0 Å². The van der Waals surface area contributed by atoms with Gasteiger partial charge in [0, 0.05) is 52.3 Å². The van der Waals surface area contributed by atoms with Crippen LogP contribution in [0.4, 0.5) is 21.8 Å². The van der Waals surface area contributed by atoms with Crippen LogP contribution in [0.5, 0.6) is 0 Å². The largest absolute Gasteiger partial charge is 0.378 e. The van der Waals surface area contributed by atoms with Crippen LogP contribution < -0.4 is 15.1 Å². The minimum atomic E-state index is -0.317. The van der Waals surface area contributed by atoms with Crippen LogP contribution in [0.25, 0.3) is 0 Å². The molecule has 3 heterocycles. The minimum absolute atomic E-state index is 0.317. The number of rotatable bonds is 5. The predicted molar refractivity (Wildman–Crippen MR) is 90.9 cm³/mol. The van der Waals surface area contributed by atoms with E-state index >= 15 is 0 Å². The topological polar surface area (TPSA) is 66.4 Å². The Bertz CT molecular complexity index is 690. The zero-order chi connectivity index (χ0) is 16.9. The smallest absolute Gasteiger partial charge is 0.171 e. The number of hydrogen-bond acceptors (Lipinski definition) is 7. The van der Waals surface area contributed by atoms with Crippen LogP contribution in [0.2, 0.25) is 0 Å². The van der Waals surface area contributed by atoms with Crippen molar-refractivity contribution in [3.63, 3.8) is 0 Å². The Kier molecular flexibility index (Phi) is 5.05. The Morgan fingerprint density at radius 3 is 2.67 bits per heavy atom. The summed E-state index contributed by atoms with van der Waals surface area (Å²) in [7, 11) is 3.79. The molecule has 2 aromatic rings. The van der Waals surface area contributed by atoms with Crippen LogP contribution >= 0.6 is 0 Å². The van der Waals surface area contributed by atoms with Gasteiger partial charge in [-0.05, 0) is 11.6 Å². The number of aromatic nitrogens is 3. The zero-order valence-electron chi connectivity index (χ0n) is 13.9. The highest BCUT2D eigenvalue weighted by Gasteiger charge is 2.17. The van der Waals surface area contributed by atoms with Gasteiger partial charge in [0.1, 0.15) is 0 Å². The van der Waals surface area contributed by atoms with E-state index < -0.39 is 0 Å². The molecule has 0 bridgehead atoms. The summed E-state index contributed by atoms with van der Waals surface area (Å²) in [5.41, 5.74) is 0.750. The number of hydrogen-bond donors (Lipinski definition) is 1. The number of anilines is 3. The summed E-state index contributed by atoms with van der Waals surface area (Å²) in [6.45, 7) is 2.95. The molecule has 1 fully saturated rings. The summed E-state index contributed by atoms with van der Waals surface area (Å²) < 4.78 is 19.6. The fourth-order valence-electron chi connectivity index (χ4n) is 2.54. The molecule has 7 nitrogen and oxygen atoms in total. The maximum absolute atomic E-state index is 14.4. The van der Waals surface area contributed by atoms with Gasteiger partial charge >= 0.3 is 0 Å². The number of halogens is 1. The molecule has 1 aliphatic rings. The number of nitrogens with zero attached hydrogens (tertiary/aromatic N) is 5. The molecule has 1 N–H and O–H groups in total. The van der Waals surface area contributed by atoms with Crippen molar-refractivity contribution in [1.82, 2.24) is 15.0 Å². The van der Waals surface area contributed by atoms with Crippen molar-refractivity contribution in [2.24, 2.45) is 0 Å². The fraction of sp³-hybridized carbons (Fsp3) is 0.438. The minimum Gasteiger partial charge on any atom is -0.378 e. The standard InChI is InChI=1S/C16H21FN6O/c1-22(2)16-14(18-3-4-19-16)20-10-12-9-13(17)15(21-11-12)23-5-7-24-8-6-23/h3-4,9,11H,5-8,10H2,1-2H3,(H,18,20). The molecule has 1 aliphatic heterocycles. The van der Waals surface area contributed by atoms with Crippen LogP contribution in [0, 0.1) is 5.82 Å². The lowest BCUT2D eigenvalue weighted by Crippen LogP contribution is -2.37. The quantitative estimate of drug-likeness (QED) is 0.890. The summed E-state index contributed by atoms with van der Waals surface area (Å²) in [4.78, 5) is 16.6. The Balaban J connectivity index is 1.69. The predicted octanol–water partition coefficient (Wildman–Crippen LogP) is 1.53. The molecule has 24 heavy (non-hydrogen) atoms. The third-order valence-electron chi connectivity index (χ3n) is 3.75. The molecule has 0 amide bonds. The number of ether oxygens (including phenoxy) is 1. The van der Waals surface area contributed by atoms with E-state index in [0.717, 1.165) is 11.4 Å². The molecule has 0 atom stereocenters. The monoisotopic (exact) mass is 332 g/mol. The van der Waals surface area contributed by atoms with Gasteiger partial charge in [-0.1, -0.05) is 0 Å². The zero-order valence-corrected chi connectivity index (χ0v) is 13.9. The maximum Gasteiger partial charge on any atom is 0.171 e. The third kappa shape index (κ3) is 3.70. The number of pyridine rings is 1. The van der Waals surface area contributed by atoms with Gasteiger partial charge in [-0.3, -0.25) is 0 Å². The summed E-state index contributed by atoms with van der Waals surface area (Å²) in [6.07, 6.45) is 4.95. The van der Waals surface area contributed by atoms with Gasteiger partial charge in [-0.2, -0.15) is 0 Å². The first-order valence-electron chi connectivity index (χ1n) is 7.84. The van der Waals surface area contributed by atoms with E-state index in [1.54, 1.807) is 18.6 Å². The van der Waals surface area contributed by atoms with Crippen molar-refractivity contribution in [3.05, 3.63) is 36.0 Å². The fourth-order valence-corrected chi connectivity index (χ4v) is 2.54. The van der Waals surface area contributed by atoms with E-state index in [2.05, 4.69) is 20.3 Å². The van der Waals surface area contributed by atoms with Crippen LogP contribution in [0.3, 0.4) is 0 Å². The number of morpholine rings is 1. The van der Waals surface area contributed by atoms with E-state index in [0.29, 0.717) is 44.5 Å². The van der Waals surface area contributed by atoms with E-state index in [1.165, 1.54) is 6.07 Å². The maximum atomic E-state index is 14.4. The van der Waals surface area contributed by atoms with Gasteiger partial charge in [0.25, 0.3) is 0 Å². The van der Waals surface area contributed by atoms with E-state index in [4.69, 9.17) is 4.74 Å². The van der Waals surface area contributed by atoms with Crippen LogP contribution in [-0.2, 0) is 11.3 Å². The molecule has 2 aromatic heterocycles. The molecule has 3 rings (SSSR count). The molecule has 0 radical (unpaired) electrons. The normalized spacial score (nSPS) is 14.5. The molecule has 1 saturated heterocycles. The molecule has 0 spiro atoms. The first-order valence-corrected chi connectivity index (χ1v) is 7.84. The third-order valence-corrected chi connectivity index (χ3v) is 3.75. The molecule has 0 saturated carbocycles. The average Bonchev–Trinajstić information content (AvgIpc) is 2.61.